The first-order valence-electron chi connectivity index (χ1n) is 6.40. The van der Waals surface area contributed by atoms with Crippen LogP contribution < -0.4 is 0 Å². The highest BCUT2D eigenvalue weighted by Crippen LogP contribution is 2.16. The van der Waals surface area contributed by atoms with Gasteiger partial charge in [0.25, 0.3) is 0 Å². The van der Waals surface area contributed by atoms with Crippen LogP contribution in [0.2, 0.25) is 0 Å². The third-order valence-electron chi connectivity index (χ3n) is 3.26. The van der Waals surface area contributed by atoms with Gasteiger partial charge in [-0.15, -0.1) is 0 Å². The number of rotatable bonds is 4. The van der Waals surface area contributed by atoms with Gasteiger partial charge in [0.1, 0.15) is 0 Å². The van der Waals surface area contributed by atoms with Crippen molar-refractivity contribution in [2.24, 2.45) is 0 Å². The second-order valence-corrected chi connectivity index (χ2v) is 5.11. The molecule has 0 aliphatic carbocycles. The van der Waals surface area contributed by atoms with Gasteiger partial charge >= 0.3 is 0 Å². The first kappa shape index (κ1) is 12.2. The largest absolute Gasteiger partial charge is 0.331 e. The fourth-order valence-corrected chi connectivity index (χ4v) is 2.61. The van der Waals surface area contributed by atoms with Crippen LogP contribution in [0.3, 0.4) is 0 Å². The number of fused-ring (bicyclic) bond motifs is 1. The van der Waals surface area contributed by atoms with Crippen LogP contribution >= 0.6 is 12.2 Å². The summed E-state index contributed by atoms with van der Waals surface area (Å²) in [5, 5.41) is 4.21. The molecule has 2 aromatic heterocycles. The van der Waals surface area contributed by atoms with E-state index in [4.69, 9.17) is 12.2 Å². The third-order valence-corrected chi connectivity index (χ3v) is 3.58. The SMILES string of the molecule is Cc1ccc2[nH]c(=S)n(CCCn3cccn3)c2c1. The Labute approximate surface area is 116 Å². The second kappa shape index (κ2) is 5.01. The topological polar surface area (TPSA) is 38.5 Å². The summed E-state index contributed by atoms with van der Waals surface area (Å²) >= 11 is 5.39. The molecule has 2 heterocycles. The van der Waals surface area contributed by atoms with E-state index in [1.54, 1.807) is 6.20 Å². The van der Waals surface area contributed by atoms with Crippen LogP contribution in [0.4, 0.5) is 0 Å². The van der Waals surface area contributed by atoms with Gasteiger partial charge in [-0.25, -0.2) is 0 Å². The molecule has 1 aromatic carbocycles. The summed E-state index contributed by atoms with van der Waals surface area (Å²) in [7, 11) is 0. The molecule has 0 radical (unpaired) electrons. The summed E-state index contributed by atoms with van der Waals surface area (Å²) in [5.74, 6) is 0. The highest BCUT2D eigenvalue weighted by molar-refractivity contribution is 7.71. The Morgan fingerprint density at radius 3 is 3.00 bits per heavy atom. The number of imidazole rings is 1. The number of hydrogen-bond donors (Lipinski definition) is 1. The molecule has 0 aliphatic heterocycles. The Bertz CT molecular complexity index is 736. The van der Waals surface area contributed by atoms with Gasteiger partial charge in [0.15, 0.2) is 4.77 Å². The quantitative estimate of drug-likeness (QED) is 0.740. The molecule has 0 spiro atoms. The van der Waals surface area contributed by atoms with Crippen LogP contribution in [-0.2, 0) is 13.1 Å². The van der Waals surface area contributed by atoms with Crippen molar-refractivity contribution in [1.29, 1.82) is 0 Å². The number of aryl methyl sites for hydroxylation is 3. The van der Waals surface area contributed by atoms with Crippen molar-refractivity contribution in [3.05, 3.63) is 47.0 Å². The van der Waals surface area contributed by atoms with Crippen molar-refractivity contribution in [2.75, 3.05) is 0 Å². The van der Waals surface area contributed by atoms with E-state index in [0.717, 1.165) is 29.8 Å². The van der Waals surface area contributed by atoms with Crippen LogP contribution in [0.25, 0.3) is 11.0 Å². The molecule has 3 aromatic rings. The average molecular weight is 272 g/mol. The van der Waals surface area contributed by atoms with Gasteiger partial charge in [-0.3, -0.25) is 4.68 Å². The van der Waals surface area contributed by atoms with Gasteiger partial charge in [0.05, 0.1) is 11.0 Å². The van der Waals surface area contributed by atoms with Gasteiger partial charge in [-0.05, 0) is 49.3 Å². The Kier molecular flexibility index (Phi) is 3.21. The van der Waals surface area contributed by atoms with Crippen LogP contribution in [-0.4, -0.2) is 19.3 Å². The molecule has 4 nitrogen and oxygen atoms in total. The fourth-order valence-electron chi connectivity index (χ4n) is 2.31. The maximum absolute atomic E-state index is 5.39. The van der Waals surface area contributed by atoms with E-state index in [1.165, 1.54) is 11.1 Å². The van der Waals surface area contributed by atoms with Crippen molar-refractivity contribution in [3.63, 3.8) is 0 Å². The maximum atomic E-state index is 5.39. The van der Waals surface area contributed by atoms with E-state index in [9.17, 15) is 0 Å². The predicted octanol–water partition coefficient (Wildman–Crippen LogP) is 3.29. The van der Waals surface area contributed by atoms with E-state index in [2.05, 4.69) is 39.8 Å². The molecule has 1 N–H and O–H groups in total. The van der Waals surface area contributed by atoms with Crippen molar-refractivity contribution < 1.29 is 0 Å². The minimum Gasteiger partial charge on any atom is -0.331 e. The highest BCUT2D eigenvalue weighted by atomic mass is 32.1. The molecule has 0 atom stereocenters. The minimum atomic E-state index is 0.793. The molecule has 0 fully saturated rings. The van der Waals surface area contributed by atoms with E-state index >= 15 is 0 Å². The molecular weight excluding hydrogens is 256 g/mol. The predicted molar refractivity (Wildman–Crippen MR) is 78.7 cm³/mol. The zero-order chi connectivity index (χ0) is 13.2. The third kappa shape index (κ3) is 2.46. The first-order valence-corrected chi connectivity index (χ1v) is 6.81. The van der Waals surface area contributed by atoms with Crippen LogP contribution in [0.15, 0.2) is 36.7 Å². The zero-order valence-electron chi connectivity index (χ0n) is 10.8. The monoisotopic (exact) mass is 272 g/mol. The number of H-pyrrole nitrogens is 1. The number of benzene rings is 1. The van der Waals surface area contributed by atoms with Crippen molar-refractivity contribution in [2.45, 2.75) is 26.4 Å². The standard InChI is InChI=1S/C14H16N4S/c1-11-4-5-12-13(10-11)18(14(19)16-12)9-3-8-17-7-2-6-15-17/h2,4-7,10H,3,8-9H2,1H3,(H,16,19). The Hall–Kier alpha value is -1.88. The van der Waals surface area contributed by atoms with Gasteiger partial charge < -0.3 is 9.55 Å². The van der Waals surface area contributed by atoms with Crippen molar-refractivity contribution >= 4 is 23.3 Å². The summed E-state index contributed by atoms with van der Waals surface area (Å²) in [4.78, 5) is 3.25. The van der Waals surface area contributed by atoms with E-state index in [1.807, 2.05) is 16.9 Å². The normalized spacial score (nSPS) is 11.2. The maximum Gasteiger partial charge on any atom is 0.178 e. The van der Waals surface area contributed by atoms with E-state index in [0.29, 0.717) is 0 Å². The summed E-state index contributed by atoms with van der Waals surface area (Å²) in [6.45, 7) is 3.92. The molecule has 5 heteroatoms. The molecule has 0 unspecified atom stereocenters. The molecule has 98 valence electrons. The summed E-state index contributed by atoms with van der Waals surface area (Å²) in [6.07, 6.45) is 4.80. The van der Waals surface area contributed by atoms with Crippen LogP contribution in [0.5, 0.6) is 0 Å². The second-order valence-electron chi connectivity index (χ2n) is 4.73. The lowest BCUT2D eigenvalue weighted by molar-refractivity contribution is 0.530. The lowest BCUT2D eigenvalue weighted by Crippen LogP contribution is -2.04. The van der Waals surface area contributed by atoms with Gasteiger partial charge in [0, 0.05) is 25.5 Å². The van der Waals surface area contributed by atoms with Crippen molar-refractivity contribution in [1.82, 2.24) is 19.3 Å². The first-order chi connectivity index (χ1) is 9.24. The summed E-state index contributed by atoms with van der Waals surface area (Å²) in [5.41, 5.74) is 3.54. The molecule has 0 amide bonds. The van der Waals surface area contributed by atoms with Crippen molar-refractivity contribution in [3.8, 4) is 0 Å². The fraction of sp³-hybridized carbons (Fsp3) is 0.286. The summed E-state index contributed by atoms with van der Waals surface area (Å²) in [6, 6.07) is 8.31. The van der Waals surface area contributed by atoms with Crippen LogP contribution in [0, 0.1) is 11.7 Å². The number of hydrogen-bond acceptors (Lipinski definition) is 2. The average Bonchev–Trinajstić information content (AvgIpc) is 2.99. The van der Waals surface area contributed by atoms with E-state index < -0.39 is 0 Å². The molecule has 3 rings (SSSR count). The van der Waals surface area contributed by atoms with Gasteiger partial charge in [-0.1, -0.05) is 6.07 Å². The number of aromatic nitrogens is 4. The number of aromatic amines is 1. The minimum absolute atomic E-state index is 0.793. The Morgan fingerprint density at radius 1 is 1.32 bits per heavy atom. The van der Waals surface area contributed by atoms with Crippen LogP contribution in [0.1, 0.15) is 12.0 Å². The lowest BCUT2D eigenvalue weighted by atomic mass is 10.2. The molecule has 0 saturated heterocycles. The molecular formula is C14H16N4S. The molecule has 0 saturated carbocycles. The lowest BCUT2D eigenvalue weighted by Gasteiger charge is -2.05. The Morgan fingerprint density at radius 2 is 2.21 bits per heavy atom. The number of nitrogens with zero attached hydrogens (tertiary/aromatic N) is 3. The molecule has 19 heavy (non-hydrogen) atoms. The number of nitrogens with one attached hydrogen (secondary N) is 1. The van der Waals surface area contributed by atoms with Gasteiger partial charge in [0.2, 0.25) is 0 Å². The zero-order valence-corrected chi connectivity index (χ0v) is 11.7. The highest BCUT2D eigenvalue weighted by Gasteiger charge is 2.04. The molecule has 0 bridgehead atoms. The summed E-state index contributed by atoms with van der Waals surface area (Å²) < 4.78 is 4.91. The Balaban J connectivity index is 1.82. The van der Waals surface area contributed by atoms with E-state index in [-0.39, 0.29) is 0 Å². The molecule has 0 aliphatic rings. The smallest absolute Gasteiger partial charge is 0.178 e. The van der Waals surface area contributed by atoms with Gasteiger partial charge in [-0.2, -0.15) is 5.10 Å².